The van der Waals surface area contributed by atoms with E-state index in [0.29, 0.717) is 19.0 Å². The van der Waals surface area contributed by atoms with Crippen LogP contribution in [0.3, 0.4) is 0 Å². The molecule has 1 amide bonds. The summed E-state index contributed by atoms with van der Waals surface area (Å²) < 4.78 is 7.34. The number of nitrogens with one attached hydrogen (secondary N) is 1. The maximum Gasteiger partial charge on any atom is 0.228 e. The number of nitrogens with zero attached hydrogens (tertiary/aromatic N) is 5. The average Bonchev–Trinajstić information content (AvgIpc) is 3.19. The normalized spacial score (nSPS) is 18.2. The largest absolute Gasteiger partial charge is 0.381 e. The summed E-state index contributed by atoms with van der Waals surface area (Å²) in [5.41, 5.74) is 4.28. The second-order valence-electron chi connectivity index (χ2n) is 8.84. The van der Waals surface area contributed by atoms with Crippen LogP contribution in [0.2, 0.25) is 0 Å². The van der Waals surface area contributed by atoms with E-state index in [9.17, 15) is 4.79 Å². The molecular weight excluding hydrogens is 404 g/mol. The Kier molecular flexibility index (Phi) is 6.14. The Bertz CT molecular complexity index is 1100. The lowest BCUT2D eigenvalue weighted by Gasteiger charge is -2.26. The Labute approximate surface area is 188 Å². The number of anilines is 1. The fourth-order valence-corrected chi connectivity index (χ4v) is 4.68. The number of aryl methyl sites for hydroxylation is 1. The molecule has 2 fully saturated rings. The Morgan fingerprint density at radius 2 is 1.94 bits per heavy atom. The molecule has 8 nitrogen and oxygen atoms in total. The molecule has 0 unspecified atom stereocenters. The lowest BCUT2D eigenvalue weighted by atomic mass is 9.99. The average molecular weight is 435 g/mol. The van der Waals surface area contributed by atoms with E-state index in [2.05, 4.69) is 37.6 Å². The number of rotatable bonds is 5. The lowest BCUT2D eigenvalue weighted by Crippen LogP contribution is -2.30. The fourth-order valence-electron chi connectivity index (χ4n) is 4.68. The lowest BCUT2D eigenvalue weighted by molar-refractivity contribution is -0.122. The Hall–Kier alpha value is -2.84. The quantitative estimate of drug-likeness (QED) is 0.663. The molecule has 1 N–H and O–H groups in total. The first-order chi connectivity index (χ1) is 15.7. The highest BCUT2D eigenvalue weighted by Crippen LogP contribution is 2.29. The van der Waals surface area contributed by atoms with Gasteiger partial charge in [0.2, 0.25) is 5.91 Å². The minimum atomic E-state index is -0.0275. The zero-order valence-corrected chi connectivity index (χ0v) is 18.6. The first-order valence-corrected chi connectivity index (χ1v) is 11.6. The predicted molar refractivity (Wildman–Crippen MR) is 123 cm³/mol. The van der Waals surface area contributed by atoms with E-state index in [1.165, 1.54) is 25.0 Å². The van der Waals surface area contributed by atoms with Crippen molar-refractivity contribution in [2.45, 2.75) is 38.6 Å². The summed E-state index contributed by atoms with van der Waals surface area (Å²) in [6.45, 7) is 4.47. The second-order valence-corrected chi connectivity index (χ2v) is 8.84. The maximum absolute atomic E-state index is 12.6. The van der Waals surface area contributed by atoms with Gasteiger partial charge in [0.1, 0.15) is 0 Å². The number of fused-ring (bicyclic) bond motifs is 1. The molecule has 32 heavy (non-hydrogen) atoms. The third-order valence-electron chi connectivity index (χ3n) is 6.62. The zero-order valence-electron chi connectivity index (χ0n) is 18.6. The summed E-state index contributed by atoms with van der Waals surface area (Å²) >= 11 is 0. The van der Waals surface area contributed by atoms with Gasteiger partial charge in [-0.2, -0.15) is 5.10 Å². The summed E-state index contributed by atoms with van der Waals surface area (Å²) in [6.07, 6.45) is 7.31. The number of hydrogen-bond donors (Lipinski definition) is 1. The molecule has 1 aromatic carbocycles. The Morgan fingerprint density at radius 1 is 1.12 bits per heavy atom. The van der Waals surface area contributed by atoms with E-state index in [1.807, 2.05) is 30.1 Å². The van der Waals surface area contributed by atoms with Crippen LogP contribution in [0, 0.1) is 5.92 Å². The van der Waals surface area contributed by atoms with Crippen LogP contribution < -0.4 is 5.32 Å². The van der Waals surface area contributed by atoms with Crippen molar-refractivity contribution in [1.29, 1.82) is 0 Å². The topological polar surface area (TPSA) is 85.2 Å². The van der Waals surface area contributed by atoms with Gasteiger partial charge in [-0.05, 0) is 62.5 Å². The number of amides is 1. The molecule has 0 bridgehead atoms. The molecule has 5 rings (SSSR count). The molecular formula is C24H30N6O2. The van der Waals surface area contributed by atoms with Crippen LogP contribution in [0.25, 0.3) is 22.0 Å². The minimum Gasteiger partial charge on any atom is -0.381 e. The highest BCUT2D eigenvalue weighted by molar-refractivity contribution is 5.94. The van der Waals surface area contributed by atoms with Gasteiger partial charge in [0.05, 0.1) is 17.4 Å². The fraction of sp³-hybridized carbons (Fsp3) is 0.500. The molecule has 2 saturated heterocycles. The van der Waals surface area contributed by atoms with Crippen molar-refractivity contribution in [3.05, 3.63) is 36.2 Å². The first-order valence-electron chi connectivity index (χ1n) is 11.6. The molecule has 0 atom stereocenters. The van der Waals surface area contributed by atoms with Crippen molar-refractivity contribution < 1.29 is 9.53 Å². The molecule has 0 aliphatic carbocycles. The molecule has 4 heterocycles. The van der Waals surface area contributed by atoms with Crippen LogP contribution in [0.4, 0.5) is 5.82 Å². The summed E-state index contributed by atoms with van der Waals surface area (Å²) in [6, 6.07) is 8.09. The van der Waals surface area contributed by atoms with Crippen LogP contribution >= 0.6 is 0 Å². The van der Waals surface area contributed by atoms with Crippen LogP contribution in [0.1, 0.15) is 37.8 Å². The summed E-state index contributed by atoms with van der Waals surface area (Å²) in [5.74, 6) is 0.459. The molecule has 0 spiro atoms. The maximum atomic E-state index is 12.6. The van der Waals surface area contributed by atoms with Crippen LogP contribution in [0.15, 0.2) is 30.5 Å². The minimum absolute atomic E-state index is 0.00539. The summed E-state index contributed by atoms with van der Waals surface area (Å²) in [4.78, 5) is 15.1. The smallest absolute Gasteiger partial charge is 0.228 e. The summed E-state index contributed by atoms with van der Waals surface area (Å²) in [7, 11) is 2.01. The summed E-state index contributed by atoms with van der Waals surface area (Å²) in [5, 5.41) is 17.0. The molecule has 3 aromatic rings. The van der Waals surface area contributed by atoms with Crippen LogP contribution in [-0.4, -0.2) is 57.1 Å². The monoisotopic (exact) mass is 434 g/mol. The van der Waals surface area contributed by atoms with Gasteiger partial charge in [0, 0.05) is 43.7 Å². The number of ether oxygens (including phenoxy) is 1. The number of piperidine rings is 1. The van der Waals surface area contributed by atoms with E-state index < -0.39 is 0 Å². The Morgan fingerprint density at radius 3 is 2.75 bits per heavy atom. The Balaban J connectivity index is 1.39. The van der Waals surface area contributed by atoms with Gasteiger partial charge in [-0.25, -0.2) is 0 Å². The van der Waals surface area contributed by atoms with Gasteiger partial charge in [-0.1, -0.05) is 12.5 Å². The van der Waals surface area contributed by atoms with E-state index in [0.717, 1.165) is 54.5 Å². The van der Waals surface area contributed by atoms with Gasteiger partial charge in [-0.3, -0.25) is 14.4 Å². The van der Waals surface area contributed by atoms with Crippen molar-refractivity contribution in [3.63, 3.8) is 0 Å². The molecule has 0 radical (unpaired) electrons. The van der Waals surface area contributed by atoms with Crippen LogP contribution in [0.5, 0.6) is 0 Å². The highest BCUT2D eigenvalue weighted by atomic mass is 16.5. The molecule has 2 aliphatic heterocycles. The third-order valence-corrected chi connectivity index (χ3v) is 6.62. The molecule has 0 saturated carbocycles. The van der Waals surface area contributed by atoms with E-state index in [1.54, 1.807) is 0 Å². The van der Waals surface area contributed by atoms with Crippen molar-refractivity contribution in [2.24, 2.45) is 13.0 Å². The number of carbonyl (C=O) groups is 1. The number of carbonyl (C=O) groups excluding carboxylic acids is 1. The predicted octanol–water partition coefficient (Wildman–Crippen LogP) is 3.38. The van der Waals surface area contributed by atoms with E-state index in [-0.39, 0.29) is 11.8 Å². The van der Waals surface area contributed by atoms with Crippen molar-refractivity contribution in [1.82, 2.24) is 24.9 Å². The van der Waals surface area contributed by atoms with Gasteiger partial charge >= 0.3 is 0 Å². The van der Waals surface area contributed by atoms with Gasteiger partial charge in [0.25, 0.3) is 0 Å². The van der Waals surface area contributed by atoms with Crippen LogP contribution in [-0.2, 0) is 23.1 Å². The van der Waals surface area contributed by atoms with Gasteiger partial charge in [0.15, 0.2) is 5.82 Å². The molecule has 168 valence electrons. The third kappa shape index (κ3) is 4.52. The number of likely N-dealkylation sites (tertiary alicyclic amines) is 1. The van der Waals surface area contributed by atoms with Crippen molar-refractivity contribution in [3.8, 4) is 11.1 Å². The molecule has 2 aliphatic rings. The number of benzene rings is 1. The highest BCUT2D eigenvalue weighted by Gasteiger charge is 2.22. The second kappa shape index (κ2) is 9.34. The van der Waals surface area contributed by atoms with E-state index in [4.69, 9.17) is 4.74 Å². The number of aromatic nitrogens is 4. The van der Waals surface area contributed by atoms with Crippen molar-refractivity contribution >= 4 is 22.6 Å². The van der Waals surface area contributed by atoms with Crippen molar-refractivity contribution in [2.75, 3.05) is 31.6 Å². The SMILES string of the molecule is Cn1ncc(-c2ccc3nnc(NC(=O)C4CCOCC4)cc3c2)c1CN1CCCCC1. The van der Waals surface area contributed by atoms with Gasteiger partial charge in [-0.15, -0.1) is 10.2 Å². The number of hydrogen-bond acceptors (Lipinski definition) is 6. The van der Waals surface area contributed by atoms with E-state index >= 15 is 0 Å². The first kappa shape index (κ1) is 21.0. The molecule has 8 heteroatoms. The zero-order chi connectivity index (χ0) is 21.9. The molecule has 2 aromatic heterocycles. The standard InChI is InChI=1S/C24H30N6O2/c1-29-22(16-30-9-3-2-4-10-30)20(15-25-29)18-5-6-21-19(13-18)14-23(28-27-21)26-24(31)17-7-11-32-12-8-17/h5-6,13-15,17H,2-4,7-12,16H2,1H3,(H,26,28,31). The van der Waals surface area contributed by atoms with Gasteiger partial charge < -0.3 is 10.1 Å².